The van der Waals surface area contributed by atoms with Crippen LogP contribution < -0.4 is 5.32 Å². The van der Waals surface area contributed by atoms with E-state index in [0.717, 1.165) is 29.7 Å². The van der Waals surface area contributed by atoms with Gasteiger partial charge in [-0.15, -0.1) is 0 Å². The van der Waals surface area contributed by atoms with Crippen molar-refractivity contribution >= 4 is 11.7 Å². The summed E-state index contributed by atoms with van der Waals surface area (Å²) in [4.78, 5) is 13.8. The summed E-state index contributed by atoms with van der Waals surface area (Å²) in [6.45, 7) is 7.13. The Bertz CT molecular complexity index is 398. The summed E-state index contributed by atoms with van der Waals surface area (Å²) in [5.41, 5.74) is 3.05. The summed E-state index contributed by atoms with van der Waals surface area (Å²) in [6.07, 6.45) is 1.97. The van der Waals surface area contributed by atoms with Gasteiger partial charge in [-0.05, 0) is 43.5 Å². The van der Waals surface area contributed by atoms with Crippen molar-refractivity contribution in [1.82, 2.24) is 4.90 Å². The number of hydrogen-bond donors (Lipinski definition) is 2. The van der Waals surface area contributed by atoms with Gasteiger partial charge in [0.15, 0.2) is 0 Å². The molecule has 1 aromatic rings. The first kappa shape index (κ1) is 15.5. The van der Waals surface area contributed by atoms with Crippen molar-refractivity contribution in [2.24, 2.45) is 0 Å². The van der Waals surface area contributed by atoms with E-state index in [1.807, 2.05) is 26.0 Å². The Balaban J connectivity index is 2.69. The van der Waals surface area contributed by atoms with E-state index in [-0.39, 0.29) is 12.6 Å². The van der Waals surface area contributed by atoms with E-state index in [1.165, 1.54) is 0 Å². The van der Waals surface area contributed by atoms with Crippen LogP contribution >= 0.6 is 0 Å². The highest BCUT2D eigenvalue weighted by Gasteiger charge is 2.12. The van der Waals surface area contributed by atoms with E-state index in [2.05, 4.69) is 18.3 Å². The first-order valence-corrected chi connectivity index (χ1v) is 6.82. The van der Waals surface area contributed by atoms with E-state index < -0.39 is 0 Å². The number of amides is 2. The Kier molecular flexibility index (Phi) is 6.36. The minimum Gasteiger partial charge on any atom is -0.395 e. The second kappa shape index (κ2) is 7.79. The number of aliphatic hydroxyl groups excluding tert-OH is 1. The molecule has 2 N–H and O–H groups in total. The van der Waals surface area contributed by atoms with Crippen LogP contribution in [0.3, 0.4) is 0 Å². The number of hydrogen-bond acceptors (Lipinski definition) is 2. The molecular formula is C15H24N2O2. The molecular weight excluding hydrogens is 240 g/mol. The average molecular weight is 264 g/mol. The zero-order valence-electron chi connectivity index (χ0n) is 12.1. The first-order valence-electron chi connectivity index (χ1n) is 6.82. The number of nitrogens with one attached hydrogen (secondary N) is 1. The third-order valence-electron chi connectivity index (χ3n) is 2.91. The molecule has 1 rings (SSSR count). The second-order valence-electron chi connectivity index (χ2n) is 4.87. The van der Waals surface area contributed by atoms with Crippen LogP contribution in [0.4, 0.5) is 10.5 Å². The van der Waals surface area contributed by atoms with Gasteiger partial charge in [-0.2, -0.15) is 0 Å². The number of nitrogens with zero attached hydrogens (tertiary/aromatic N) is 1. The van der Waals surface area contributed by atoms with Crippen LogP contribution in [0, 0.1) is 13.8 Å². The maximum atomic E-state index is 12.1. The summed E-state index contributed by atoms with van der Waals surface area (Å²) in [5, 5.41) is 11.9. The molecule has 1 aromatic carbocycles. The standard InChI is InChI=1S/C15H24N2O2/c1-4-5-6-17(7-8-18)15(19)16-14-10-12(2)9-13(3)11-14/h9-11,18H,4-8H2,1-3H3,(H,16,19). The fraction of sp³-hybridized carbons (Fsp3) is 0.533. The molecule has 0 aliphatic carbocycles. The number of carbonyl (C=O) groups excluding carboxylic acids is 1. The van der Waals surface area contributed by atoms with Gasteiger partial charge in [0.05, 0.1) is 6.61 Å². The fourth-order valence-electron chi connectivity index (χ4n) is 2.03. The van der Waals surface area contributed by atoms with Crippen LogP contribution in [-0.4, -0.2) is 35.7 Å². The number of aliphatic hydroxyl groups is 1. The molecule has 19 heavy (non-hydrogen) atoms. The summed E-state index contributed by atoms with van der Waals surface area (Å²) in [7, 11) is 0. The van der Waals surface area contributed by atoms with Crippen molar-refractivity contribution < 1.29 is 9.90 Å². The minimum atomic E-state index is -0.146. The van der Waals surface area contributed by atoms with Crippen LogP contribution in [-0.2, 0) is 0 Å². The number of benzene rings is 1. The molecule has 0 heterocycles. The van der Waals surface area contributed by atoms with Crippen molar-refractivity contribution in [3.05, 3.63) is 29.3 Å². The lowest BCUT2D eigenvalue weighted by atomic mass is 10.1. The lowest BCUT2D eigenvalue weighted by Crippen LogP contribution is -2.37. The Hall–Kier alpha value is -1.55. The largest absolute Gasteiger partial charge is 0.395 e. The normalized spacial score (nSPS) is 10.3. The third-order valence-corrected chi connectivity index (χ3v) is 2.91. The van der Waals surface area contributed by atoms with Gasteiger partial charge in [0.2, 0.25) is 0 Å². The van der Waals surface area contributed by atoms with E-state index in [9.17, 15) is 4.79 Å². The number of urea groups is 1. The van der Waals surface area contributed by atoms with E-state index in [1.54, 1.807) is 4.90 Å². The topological polar surface area (TPSA) is 52.6 Å². The van der Waals surface area contributed by atoms with Crippen LogP contribution in [0.15, 0.2) is 18.2 Å². The first-order chi connectivity index (χ1) is 9.06. The Morgan fingerprint density at radius 2 is 1.84 bits per heavy atom. The highest BCUT2D eigenvalue weighted by atomic mass is 16.3. The van der Waals surface area contributed by atoms with Crippen LogP contribution in [0.25, 0.3) is 0 Å². The predicted molar refractivity (Wildman–Crippen MR) is 78.5 cm³/mol. The summed E-state index contributed by atoms with van der Waals surface area (Å²) in [5.74, 6) is 0. The summed E-state index contributed by atoms with van der Waals surface area (Å²) in [6, 6.07) is 5.81. The quantitative estimate of drug-likeness (QED) is 0.830. The molecule has 2 amide bonds. The average Bonchev–Trinajstić information content (AvgIpc) is 2.33. The zero-order valence-corrected chi connectivity index (χ0v) is 12.1. The second-order valence-corrected chi connectivity index (χ2v) is 4.87. The minimum absolute atomic E-state index is 0.00994. The highest BCUT2D eigenvalue weighted by Crippen LogP contribution is 2.14. The maximum Gasteiger partial charge on any atom is 0.321 e. The molecule has 0 radical (unpaired) electrons. The van der Waals surface area contributed by atoms with Crippen LogP contribution in [0.5, 0.6) is 0 Å². The number of carbonyl (C=O) groups is 1. The fourth-order valence-corrected chi connectivity index (χ4v) is 2.03. The van der Waals surface area contributed by atoms with Crippen molar-refractivity contribution in [1.29, 1.82) is 0 Å². The van der Waals surface area contributed by atoms with Gasteiger partial charge in [0, 0.05) is 18.8 Å². The molecule has 4 nitrogen and oxygen atoms in total. The number of rotatable bonds is 6. The Morgan fingerprint density at radius 1 is 1.21 bits per heavy atom. The van der Waals surface area contributed by atoms with Crippen molar-refractivity contribution in [2.75, 3.05) is 25.0 Å². The van der Waals surface area contributed by atoms with E-state index in [0.29, 0.717) is 13.1 Å². The highest BCUT2D eigenvalue weighted by molar-refractivity contribution is 5.89. The molecule has 0 saturated carbocycles. The van der Waals surface area contributed by atoms with Gasteiger partial charge < -0.3 is 15.3 Å². The van der Waals surface area contributed by atoms with Crippen molar-refractivity contribution in [2.45, 2.75) is 33.6 Å². The van der Waals surface area contributed by atoms with Gasteiger partial charge >= 0.3 is 6.03 Å². The Labute approximate surface area is 115 Å². The van der Waals surface area contributed by atoms with Gasteiger partial charge in [0.25, 0.3) is 0 Å². The van der Waals surface area contributed by atoms with Gasteiger partial charge in [-0.3, -0.25) is 0 Å². The molecule has 0 unspecified atom stereocenters. The number of aryl methyl sites for hydroxylation is 2. The molecule has 0 saturated heterocycles. The number of unbranched alkanes of at least 4 members (excludes halogenated alkanes) is 1. The lowest BCUT2D eigenvalue weighted by molar-refractivity contribution is 0.187. The molecule has 4 heteroatoms. The van der Waals surface area contributed by atoms with Crippen LogP contribution in [0.1, 0.15) is 30.9 Å². The van der Waals surface area contributed by atoms with Crippen molar-refractivity contribution in [3.8, 4) is 0 Å². The maximum absolute atomic E-state index is 12.1. The van der Waals surface area contributed by atoms with Gasteiger partial charge in [-0.1, -0.05) is 19.4 Å². The summed E-state index contributed by atoms with van der Waals surface area (Å²) >= 11 is 0. The molecule has 106 valence electrons. The predicted octanol–water partition coefficient (Wildman–Crippen LogP) is 2.93. The van der Waals surface area contributed by atoms with Gasteiger partial charge in [-0.25, -0.2) is 4.79 Å². The zero-order chi connectivity index (χ0) is 14.3. The van der Waals surface area contributed by atoms with Crippen LogP contribution in [0.2, 0.25) is 0 Å². The molecule has 0 bridgehead atoms. The molecule has 0 aliphatic heterocycles. The van der Waals surface area contributed by atoms with E-state index >= 15 is 0 Å². The lowest BCUT2D eigenvalue weighted by Gasteiger charge is -2.22. The number of anilines is 1. The Morgan fingerprint density at radius 3 is 2.37 bits per heavy atom. The molecule has 0 atom stereocenters. The monoisotopic (exact) mass is 264 g/mol. The summed E-state index contributed by atoms with van der Waals surface area (Å²) < 4.78 is 0. The molecule has 0 spiro atoms. The SMILES string of the molecule is CCCCN(CCO)C(=O)Nc1cc(C)cc(C)c1. The third kappa shape index (κ3) is 5.30. The molecule has 0 aromatic heterocycles. The van der Waals surface area contributed by atoms with E-state index in [4.69, 9.17) is 5.11 Å². The smallest absolute Gasteiger partial charge is 0.321 e. The molecule has 0 aliphatic rings. The molecule has 0 fully saturated rings. The van der Waals surface area contributed by atoms with Crippen molar-refractivity contribution in [3.63, 3.8) is 0 Å². The van der Waals surface area contributed by atoms with Gasteiger partial charge in [0.1, 0.15) is 0 Å².